The van der Waals surface area contributed by atoms with Crippen LogP contribution in [0.15, 0.2) is 12.1 Å². The predicted octanol–water partition coefficient (Wildman–Crippen LogP) is 2.72. The first kappa shape index (κ1) is 13.5. The largest absolute Gasteiger partial charge is 0.307 e. The van der Waals surface area contributed by atoms with Crippen molar-refractivity contribution in [1.29, 1.82) is 0 Å². The Morgan fingerprint density at radius 2 is 1.89 bits per heavy atom. The van der Waals surface area contributed by atoms with Crippen molar-refractivity contribution < 1.29 is 22.9 Å². The fourth-order valence-electron chi connectivity index (χ4n) is 2.45. The summed E-state index contributed by atoms with van der Waals surface area (Å²) in [6.07, 6.45) is 0.426. The molecule has 1 aliphatic carbocycles. The SMILES string of the molecule is O=C1CCCCC1(c1cc(F)cc(F)c1F)[N+](=O)[O-]. The van der Waals surface area contributed by atoms with Gasteiger partial charge in [0, 0.05) is 23.8 Å². The Bertz CT molecular complexity index is 561. The Kier molecular flexibility index (Phi) is 3.30. The average Bonchev–Trinajstić information content (AvgIpc) is 2.34. The number of Topliss-reactive ketones (excluding diaryl/α,β-unsaturated/α-hetero) is 1. The molecular weight excluding hydrogens is 263 g/mol. The van der Waals surface area contributed by atoms with E-state index in [-0.39, 0.29) is 12.8 Å². The van der Waals surface area contributed by atoms with Gasteiger partial charge in [0.25, 0.3) is 0 Å². The smallest absolute Gasteiger partial charge is 0.291 e. The second-order valence-electron chi connectivity index (χ2n) is 4.50. The molecule has 7 heteroatoms. The number of carbonyl (C=O) groups is 1. The predicted molar refractivity (Wildman–Crippen MR) is 58.5 cm³/mol. The van der Waals surface area contributed by atoms with E-state index in [9.17, 15) is 28.1 Å². The maximum atomic E-state index is 13.7. The summed E-state index contributed by atoms with van der Waals surface area (Å²) in [6, 6.07) is 0.824. The quantitative estimate of drug-likeness (QED) is 0.473. The zero-order valence-electron chi connectivity index (χ0n) is 9.79. The van der Waals surface area contributed by atoms with Crippen molar-refractivity contribution in [3.63, 3.8) is 0 Å². The van der Waals surface area contributed by atoms with Gasteiger partial charge in [0.1, 0.15) is 5.82 Å². The first-order valence-corrected chi connectivity index (χ1v) is 5.72. The van der Waals surface area contributed by atoms with Crippen LogP contribution in [-0.4, -0.2) is 10.7 Å². The van der Waals surface area contributed by atoms with E-state index in [1.54, 1.807) is 0 Å². The molecule has 1 fully saturated rings. The third-order valence-electron chi connectivity index (χ3n) is 3.40. The number of hydrogen-bond acceptors (Lipinski definition) is 3. The molecule has 1 aromatic rings. The number of nitro groups is 1. The molecule has 0 radical (unpaired) electrons. The lowest BCUT2D eigenvalue weighted by Gasteiger charge is -2.28. The highest BCUT2D eigenvalue weighted by molar-refractivity contribution is 5.89. The zero-order chi connectivity index (χ0) is 14.2. The topological polar surface area (TPSA) is 60.2 Å². The second-order valence-corrected chi connectivity index (χ2v) is 4.50. The highest BCUT2D eigenvalue weighted by atomic mass is 19.2. The standard InChI is InChI=1S/C12H10F3NO3/c13-7-5-8(11(15)9(14)6-7)12(16(18)19)4-2-1-3-10(12)17/h5-6H,1-4H2. The Morgan fingerprint density at radius 3 is 2.47 bits per heavy atom. The normalized spacial score (nSPS) is 23.4. The van der Waals surface area contributed by atoms with Crippen molar-refractivity contribution in [1.82, 2.24) is 0 Å². The second kappa shape index (κ2) is 4.64. The minimum absolute atomic E-state index is 0.0987. The molecule has 0 aromatic heterocycles. The van der Waals surface area contributed by atoms with Gasteiger partial charge in [-0.15, -0.1) is 0 Å². The summed E-state index contributed by atoms with van der Waals surface area (Å²) < 4.78 is 40.1. The van der Waals surface area contributed by atoms with Gasteiger partial charge in [-0.1, -0.05) is 0 Å². The molecule has 0 amide bonds. The van der Waals surface area contributed by atoms with Crippen LogP contribution in [0.4, 0.5) is 13.2 Å². The maximum absolute atomic E-state index is 13.7. The monoisotopic (exact) mass is 273 g/mol. The molecule has 0 heterocycles. The summed E-state index contributed by atoms with van der Waals surface area (Å²) in [7, 11) is 0. The zero-order valence-corrected chi connectivity index (χ0v) is 9.79. The summed E-state index contributed by atoms with van der Waals surface area (Å²) in [5.41, 5.74) is -3.19. The lowest BCUT2D eigenvalue weighted by Crippen LogP contribution is -2.46. The molecular formula is C12H10F3NO3. The number of halogens is 3. The van der Waals surface area contributed by atoms with E-state index >= 15 is 0 Å². The van der Waals surface area contributed by atoms with Crippen LogP contribution in [-0.2, 0) is 10.3 Å². The van der Waals surface area contributed by atoms with Gasteiger partial charge >= 0.3 is 5.54 Å². The summed E-state index contributed by atoms with van der Waals surface area (Å²) in [6.45, 7) is 0. The third-order valence-corrected chi connectivity index (χ3v) is 3.40. The van der Waals surface area contributed by atoms with Gasteiger partial charge in [0.05, 0.1) is 5.56 Å². The molecule has 4 nitrogen and oxygen atoms in total. The number of benzene rings is 1. The molecule has 1 atom stereocenters. The number of nitrogens with zero attached hydrogens (tertiary/aromatic N) is 1. The molecule has 1 aliphatic rings. The van der Waals surface area contributed by atoms with Crippen molar-refractivity contribution in [2.75, 3.05) is 0 Å². The first-order chi connectivity index (χ1) is 8.89. The lowest BCUT2D eigenvalue weighted by molar-refractivity contribution is -0.564. The Labute approximate surface area is 106 Å². The first-order valence-electron chi connectivity index (χ1n) is 5.72. The fraction of sp³-hybridized carbons (Fsp3) is 0.417. The van der Waals surface area contributed by atoms with E-state index in [4.69, 9.17) is 0 Å². The third kappa shape index (κ3) is 1.98. The van der Waals surface area contributed by atoms with Crippen LogP contribution in [0.25, 0.3) is 0 Å². The van der Waals surface area contributed by atoms with Gasteiger partial charge in [-0.2, -0.15) is 0 Å². The molecule has 0 aliphatic heterocycles. The van der Waals surface area contributed by atoms with E-state index in [1.165, 1.54) is 0 Å². The van der Waals surface area contributed by atoms with Crippen LogP contribution in [0.2, 0.25) is 0 Å². The molecule has 2 rings (SSSR count). The van der Waals surface area contributed by atoms with Crippen molar-refractivity contribution in [2.45, 2.75) is 31.2 Å². The van der Waals surface area contributed by atoms with Crippen LogP contribution in [0.5, 0.6) is 0 Å². The van der Waals surface area contributed by atoms with E-state index in [0.29, 0.717) is 25.0 Å². The Balaban J connectivity index is 2.70. The maximum Gasteiger partial charge on any atom is 0.307 e. The van der Waals surface area contributed by atoms with Crippen molar-refractivity contribution >= 4 is 5.78 Å². The molecule has 1 saturated carbocycles. The van der Waals surface area contributed by atoms with E-state index in [2.05, 4.69) is 0 Å². The van der Waals surface area contributed by atoms with E-state index < -0.39 is 39.3 Å². The van der Waals surface area contributed by atoms with Crippen molar-refractivity contribution in [3.05, 3.63) is 45.3 Å². The molecule has 0 spiro atoms. The van der Waals surface area contributed by atoms with Crippen molar-refractivity contribution in [2.24, 2.45) is 0 Å². The molecule has 0 bridgehead atoms. The summed E-state index contributed by atoms with van der Waals surface area (Å²) in [5, 5.41) is 11.2. The summed E-state index contributed by atoms with van der Waals surface area (Å²) in [4.78, 5) is 22.2. The van der Waals surface area contributed by atoms with Crippen molar-refractivity contribution in [3.8, 4) is 0 Å². The molecule has 0 N–H and O–H groups in total. The van der Waals surface area contributed by atoms with Gasteiger partial charge in [-0.05, 0) is 18.9 Å². The molecule has 0 saturated heterocycles. The minimum atomic E-state index is -2.37. The highest BCUT2D eigenvalue weighted by Gasteiger charge is 2.55. The highest BCUT2D eigenvalue weighted by Crippen LogP contribution is 2.39. The summed E-state index contributed by atoms with van der Waals surface area (Å²) >= 11 is 0. The fourth-order valence-corrected chi connectivity index (χ4v) is 2.45. The van der Waals surface area contributed by atoms with Crippen LogP contribution in [0.1, 0.15) is 31.2 Å². The number of carbonyl (C=O) groups excluding carboxylic acids is 1. The van der Waals surface area contributed by atoms with Crippen LogP contribution >= 0.6 is 0 Å². The molecule has 19 heavy (non-hydrogen) atoms. The molecule has 1 aromatic carbocycles. The Hall–Kier alpha value is -1.92. The molecule has 102 valence electrons. The van der Waals surface area contributed by atoms with E-state index in [1.807, 2.05) is 0 Å². The van der Waals surface area contributed by atoms with Gasteiger partial charge < -0.3 is 0 Å². The van der Waals surface area contributed by atoms with Gasteiger partial charge in [-0.25, -0.2) is 13.2 Å². The van der Waals surface area contributed by atoms with Crippen LogP contribution in [0.3, 0.4) is 0 Å². The van der Waals surface area contributed by atoms with Gasteiger partial charge in [-0.3, -0.25) is 14.9 Å². The number of rotatable bonds is 2. The van der Waals surface area contributed by atoms with Crippen LogP contribution < -0.4 is 0 Å². The van der Waals surface area contributed by atoms with E-state index in [0.717, 1.165) is 0 Å². The van der Waals surface area contributed by atoms with Gasteiger partial charge in [0.15, 0.2) is 11.6 Å². The number of ketones is 1. The summed E-state index contributed by atoms with van der Waals surface area (Å²) in [5.74, 6) is -5.02. The average molecular weight is 273 g/mol. The number of hydrogen-bond donors (Lipinski definition) is 0. The van der Waals surface area contributed by atoms with Gasteiger partial charge in [0.2, 0.25) is 5.78 Å². The molecule has 1 unspecified atom stereocenters. The lowest BCUT2D eigenvalue weighted by atomic mass is 9.75. The minimum Gasteiger partial charge on any atom is -0.291 e. The van der Waals surface area contributed by atoms with Crippen LogP contribution in [0, 0.1) is 27.6 Å². The Morgan fingerprint density at radius 1 is 1.21 bits per heavy atom.